The number of esters is 1. The summed E-state index contributed by atoms with van der Waals surface area (Å²) in [5, 5.41) is 11.9. The number of methoxy groups -OCH3 is 1. The fraction of sp³-hybridized carbons (Fsp3) is 0.429. The molecule has 0 bridgehead atoms. The van der Waals surface area contributed by atoms with Crippen LogP contribution < -0.4 is 5.32 Å². The van der Waals surface area contributed by atoms with Gasteiger partial charge in [-0.05, 0) is 23.6 Å². The summed E-state index contributed by atoms with van der Waals surface area (Å²) in [5.74, 6) is -0.0884. The van der Waals surface area contributed by atoms with Crippen molar-refractivity contribution in [3.63, 3.8) is 0 Å². The first-order valence-electron chi connectivity index (χ1n) is 5.88. The van der Waals surface area contributed by atoms with E-state index in [1.807, 2.05) is 26.0 Å². The highest BCUT2D eigenvalue weighted by Gasteiger charge is 2.21. The van der Waals surface area contributed by atoms with Crippen LogP contribution in [0.5, 0.6) is 0 Å². The van der Waals surface area contributed by atoms with Gasteiger partial charge in [0.1, 0.15) is 6.04 Å². The zero-order valence-corrected chi connectivity index (χ0v) is 10.9. The Morgan fingerprint density at radius 3 is 2.44 bits per heavy atom. The number of hydrogen-bond donors (Lipinski definition) is 1. The van der Waals surface area contributed by atoms with Crippen LogP contribution in [0.4, 0.5) is 0 Å². The van der Waals surface area contributed by atoms with Crippen molar-refractivity contribution in [3.05, 3.63) is 35.4 Å². The number of nitrogens with one attached hydrogen (secondary N) is 1. The first kappa shape index (κ1) is 14.2. The van der Waals surface area contributed by atoms with E-state index < -0.39 is 0 Å². The molecule has 0 saturated heterocycles. The standard InChI is InChI=1S/C14H18N2O2/c1-10(2)13(14(17)18-3)16-9-12-6-4-11(8-15)5-7-12/h4-7,10,13,16H,9H2,1-3H3. The predicted molar refractivity (Wildman–Crippen MR) is 68.6 cm³/mol. The van der Waals surface area contributed by atoms with Gasteiger partial charge in [-0.3, -0.25) is 4.79 Å². The lowest BCUT2D eigenvalue weighted by molar-refractivity contribution is -0.144. The van der Waals surface area contributed by atoms with Gasteiger partial charge in [0.2, 0.25) is 0 Å². The first-order valence-corrected chi connectivity index (χ1v) is 5.88. The van der Waals surface area contributed by atoms with E-state index in [1.165, 1.54) is 7.11 Å². The van der Waals surface area contributed by atoms with Crippen LogP contribution >= 0.6 is 0 Å². The minimum atomic E-state index is -0.314. The first-order chi connectivity index (χ1) is 8.58. The minimum absolute atomic E-state index is 0.163. The highest BCUT2D eigenvalue weighted by atomic mass is 16.5. The molecule has 0 radical (unpaired) electrons. The molecule has 0 heterocycles. The average molecular weight is 246 g/mol. The van der Waals surface area contributed by atoms with E-state index in [2.05, 4.69) is 11.4 Å². The summed E-state index contributed by atoms with van der Waals surface area (Å²) in [6, 6.07) is 9.03. The highest BCUT2D eigenvalue weighted by molar-refractivity contribution is 5.75. The van der Waals surface area contributed by atoms with Gasteiger partial charge in [0.25, 0.3) is 0 Å². The summed E-state index contributed by atoms with van der Waals surface area (Å²) in [4.78, 5) is 11.5. The summed E-state index contributed by atoms with van der Waals surface area (Å²) in [6.07, 6.45) is 0. The molecule has 0 spiro atoms. The van der Waals surface area contributed by atoms with Gasteiger partial charge in [-0.15, -0.1) is 0 Å². The number of nitrogens with zero attached hydrogens (tertiary/aromatic N) is 1. The Balaban J connectivity index is 2.61. The van der Waals surface area contributed by atoms with Crippen molar-refractivity contribution >= 4 is 5.97 Å². The monoisotopic (exact) mass is 246 g/mol. The van der Waals surface area contributed by atoms with Crippen LogP contribution in [0, 0.1) is 17.2 Å². The molecule has 96 valence electrons. The number of carbonyl (C=O) groups excluding carboxylic acids is 1. The average Bonchev–Trinajstić information content (AvgIpc) is 2.39. The van der Waals surface area contributed by atoms with Gasteiger partial charge in [-0.25, -0.2) is 0 Å². The molecule has 4 nitrogen and oxygen atoms in total. The Morgan fingerprint density at radius 2 is 2.00 bits per heavy atom. The second-order valence-corrected chi connectivity index (χ2v) is 4.43. The van der Waals surface area contributed by atoms with E-state index in [9.17, 15) is 4.79 Å². The van der Waals surface area contributed by atoms with Crippen LogP contribution in [0.25, 0.3) is 0 Å². The van der Waals surface area contributed by atoms with E-state index in [4.69, 9.17) is 10.00 Å². The minimum Gasteiger partial charge on any atom is -0.468 e. The Labute approximate surface area is 108 Å². The predicted octanol–water partition coefficient (Wildman–Crippen LogP) is 1.85. The Hall–Kier alpha value is -1.86. The molecule has 1 atom stereocenters. The van der Waals surface area contributed by atoms with Crippen LogP contribution in [-0.4, -0.2) is 19.1 Å². The number of ether oxygens (including phenoxy) is 1. The smallest absolute Gasteiger partial charge is 0.323 e. The third-order valence-electron chi connectivity index (χ3n) is 2.73. The maximum atomic E-state index is 11.5. The molecule has 0 aliphatic rings. The number of hydrogen-bond acceptors (Lipinski definition) is 4. The summed E-state index contributed by atoms with van der Waals surface area (Å²) in [5.41, 5.74) is 1.66. The van der Waals surface area contributed by atoms with Gasteiger partial charge in [0.15, 0.2) is 0 Å². The number of benzene rings is 1. The maximum absolute atomic E-state index is 11.5. The van der Waals surface area contributed by atoms with Crippen molar-refractivity contribution in [2.75, 3.05) is 7.11 Å². The van der Waals surface area contributed by atoms with E-state index in [-0.39, 0.29) is 17.9 Å². The lowest BCUT2D eigenvalue weighted by atomic mass is 10.0. The second kappa shape index (κ2) is 6.77. The molecule has 0 fully saturated rings. The number of nitriles is 1. The number of carbonyl (C=O) groups is 1. The summed E-state index contributed by atoms with van der Waals surface area (Å²) in [7, 11) is 1.39. The maximum Gasteiger partial charge on any atom is 0.323 e. The molecule has 0 aliphatic heterocycles. The molecule has 18 heavy (non-hydrogen) atoms. The molecule has 1 rings (SSSR count). The molecule has 1 aromatic rings. The van der Waals surface area contributed by atoms with Crippen molar-refractivity contribution in [3.8, 4) is 6.07 Å². The van der Waals surface area contributed by atoms with Crippen molar-refractivity contribution < 1.29 is 9.53 Å². The zero-order chi connectivity index (χ0) is 13.5. The third kappa shape index (κ3) is 3.86. The van der Waals surface area contributed by atoms with E-state index in [0.717, 1.165) is 5.56 Å². The molecule has 0 amide bonds. The van der Waals surface area contributed by atoms with Crippen LogP contribution in [0.15, 0.2) is 24.3 Å². The van der Waals surface area contributed by atoms with Crippen LogP contribution in [0.3, 0.4) is 0 Å². The van der Waals surface area contributed by atoms with Gasteiger partial charge in [-0.2, -0.15) is 5.26 Å². The molecule has 1 unspecified atom stereocenters. The lowest BCUT2D eigenvalue weighted by Gasteiger charge is -2.19. The van der Waals surface area contributed by atoms with E-state index >= 15 is 0 Å². The van der Waals surface area contributed by atoms with Crippen LogP contribution in [0.1, 0.15) is 25.0 Å². The topological polar surface area (TPSA) is 62.1 Å². The molecular formula is C14H18N2O2. The highest BCUT2D eigenvalue weighted by Crippen LogP contribution is 2.07. The molecular weight excluding hydrogens is 228 g/mol. The van der Waals surface area contributed by atoms with Crippen molar-refractivity contribution in [1.82, 2.24) is 5.32 Å². The normalized spacial score (nSPS) is 11.9. The lowest BCUT2D eigenvalue weighted by Crippen LogP contribution is -2.41. The van der Waals surface area contributed by atoms with Crippen molar-refractivity contribution in [2.24, 2.45) is 5.92 Å². The van der Waals surface area contributed by atoms with Gasteiger partial charge in [0, 0.05) is 6.54 Å². The van der Waals surface area contributed by atoms with Gasteiger partial charge in [-0.1, -0.05) is 26.0 Å². The van der Waals surface area contributed by atoms with Gasteiger partial charge in [0.05, 0.1) is 18.7 Å². The third-order valence-corrected chi connectivity index (χ3v) is 2.73. The molecule has 0 aliphatic carbocycles. The van der Waals surface area contributed by atoms with E-state index in [1.54, 1.807) is 12.1 Å². The summed E-state index contributed by atoms with van der Waals surface area (Å²) < 4.78 is 4.75. The molecule has 1 aromatic carbocycles. The van der Waals surface area contributed by atoms with E-state index in [0.29, 0.717) is 12.1 Å². The van der Waals surface area contributed by atoms with Crippen LogP contribution in [-0.2, 0) is 16.1 Å². The number of rotatable bonds is 5. The zero-order valence-electron chi connectivity index (χ0n) is 10.9. The Kier molecular flexibility index (Phi) is 5.34. The van der Waals surface area contributed by atoms with Crippen molar-refractivity contribution in [2.45, 2.75) is 26.4 Å². The quantitative estimate of drug-likeness (QED) is 0.805. The second-order valence-electron chi connectivity index (χ2n) is 4.43. The SMILES string of the molecule is COC(=O)C(NCc1ccc(C#N)cc1)C(C)C. The van der Waals surface area contributed by atoms with Crippen LogP contribution in [0.2, 0.25) is 0 Å². The summed E-state index contributed by atoms with van der Waals surface area (Å²) in [6.45, 7) is 4.50. The van der Waals surface area contributed by atoms with Gasteiger partial charge >= 0.3 is 5.97 Å². The summed E-state index contributed by atoms with van der Waals surface area (Å²) >= 11 is 0. The fourth-order valence-corrected chi connectivity index (χ4v) is 1.64. The fourth-order valence-electron chi connectivity index (χ4n) is 1.64. The Bertz CT molecular complexity index is 432. The Morgan fingerprint density at radius 1 is 1.39 bits per heavy atom. The van der Waals surface area contributed by atoms with Gasteiger partial charge < -0.3 is 10.1 Å². The molecule has 0 aromatic heterocycles. The molecule has 1 N–H and O–H groups in total. The molecule has 4 heteroatoms. The largest absolute Gasteiger partial charge is 0.468 e. The molecule has 0 saturated carbocycles. The van der Waals surface area contributed by atoms with Crippen molar-refractivity contribution in [1.29, 1.82) is 5.26 Å².